The van der Waals surface area contributed by atoms with Crippen molar-refractivity contribution < 1.29 is 22.9 Å². The molecular weight excluding hydrogens is 423 g/mol. The third-order valence-electron chi connectivity index (χ3n) is 3.82. The Bertz CT molecular complexity index is 1070. The van der Waals surface area contributed by atoms with E-state index in [1.54, 1.807) is 13.0 Å². The topological polar surface area (TPSA) is 103 Å². The summed E-state index contributed by atoms with van der Waals surface area (Å²) in [5.74, 6) is -0.139. The number of rotatable bonds is 6. The first-order chi connectivity index (χ1) is 14.1. The van der Waals surface area contributed by atoms with E-state index in [4.69, 9.17) is 0 Å². The predicted molar refractivity (Wildman–Crippen MR) is 104 cm³/mol. The molecule has 1 N–H and O–H groups in total. The van der Waals surface area contributed by atoms with Gasteiger partial charge < -0.3 is 5.32 Å². The fourth-order valence-electron chi connectivity index (χ4n) is 2.45. The second-order valence-electron chi connectivity index (χ2n) is 6.08. The van der Waals surface area contributed by atoms with Crippen molar-refractivity contribution in [3.05, 3.63) is 70.0 Å². The van der Waals surface area contributed by atoms with E-state index in [1.165, 1.54) is 35.0 Å². The van der Waals surface area contributed by atoms with Crippen molar-refractivity contribution in [3.8, 4) is 5.69 Å². The summed E-state index contributed by atoms with van der Waals surface area (Å²) in [6.07, 6.45) is -3.75. The molecule has 2 heterocycles. The number of aryl methyl sites for hydroxylation is 1. The lowest BCUT2D eigenvalue weighted by atomic mass is 10.3. The van der Waals surface area contributed by atoms with Crippen LogP contribution in [0.25, 0.3) is 5.69 Å². The summed E-state index contributed by atoms with van der Waals surface area (Å²) in [5.41, 5.74) is 0.189. The lowest BCUT2D eigenvalue weighted by Gasteiger charge is -2.09. The number of carbonyl (C=O) groups excluding carboxylic acids is 1. The van der Waals surface area contributed by atoms with Gasteiger partial charge in [0.05, 0.1) is 32.6 Å². The maximum atomic E-state index is 12.6. The van der Waals surface area contributed by atoms with Crippen molar-refractivity contribution in [2.24, 2.45) is 0 Å². The van der Waals surface area contributed by atoms with Crippen LogP contribution in [-0.4, -0.2) is 31.3 Å². The molecule has 8 nitrogen and oxygen atoms in total. The average molecular weight is 437 g/mol. The number of aromatic nitrogens is 3. The molecule has 0 aliphatic heterocycles. The Balaban J connectivity index is 1.66. The number of nitro groups is 1. The Labute approximate surface area is 172 Å². The molecule has 0 saturated carbocycles. The normalized spacial score (nSPS) is 11.3. The first-order valence-corrected chi connectivity index (χ1v) is 9.39. The van der Waals surface area contributed by atoms with Crippen LogP contribution in [0.4, 0.5) is 24.7 Å². The third kappa shape index (κ3) is 5.14. The van der Waals surface area contributed by atoms with Gasteiger partial charge in [-0.25, -0.2) is 9.67 Å². The number of amides is 1. The van der Waals surface area contributed by atoms with Crippen molar-refractivity contribution in [2.45, 2.75) is 18.1 Å². The van der Waals surface area contributed by atoms with E-state index in [9.17, 15) is 28.1 Å². The molecule has 1 amide bonds. The van der Waals surface area contributed by atoms with Crippen LogP contribution in [0.1, 0.15) is 11.3 Å². The molecule has 30 heavy (non-hydrogen) atoms. The number of non-ortho nitro benzene ring substituents is 1. The zero-order valence-corrected chi connectivity index (χ0v) is 16.2. The second-order valence-corrected chi connectivity index (χ2v) is 7.07. The average Bonchev–Trinajstić information content (AvgIpc) is 3.06. The molecule has 0 aliphatic carbocycles. The number of alkyl halides is 3. The zero-order chi connectivity index (χ0) is 21.9. The van der Waals surface area contributed by atoms with E-state index >= 15 is 0 Å². The van der Waals surface area contributed by atoms with Crippen molar-refractivity contribution in [1.29, 1.82) is 0 Å². The molecule has 156 valence electrons. The van der Waals surface area contributed by atoms with E-state index in [1.807, 2.05) is 0 Å². The van der Waals surface area contributed by atoms with E-state index in [0.29, 0.717) is 23.4 Å². The number of thioether (sulfide) groups is 1. The van der Waals surface area contributed by atoms with E-state index in [-0.39, 0.29) is 16.5 Å². The van der Waals surface area contributed by atoms with Crippen LogP contribution in [0.3, 0.4) is 0 Å². The summed E-state index contributed by atoms with van der Waals surface area (Å²) in [6.45, 7) is 1.72. The minimum Gasteiger partial charge on any atom is -0.310 e. The van der Waals surface area contributed by atoms with Gasteiger partial charge in [0.2, 0.25) is 5.91 Å². The Morgan fingerprint density at radius 2 is 1.93 bits per heavy atom. The molecule has 3 rings (SSSR count). The summed E-state index contributed by atoms with van der Waals surface area (Å²) in [7, 11) is 0. The molecular formula is C18H14F3N5O3S. The zero-order valence-electron chi connectivity index (χ0n) is 15.4. The standard InChI is InChI=1S/C18H14F3N5O3S/c1-11-8-15(25(24-11)13-3-5-14(6-4-13)26(28)29)23-16(27)10-30-17-7-2-12(9-22-17)18(19,20)21/h2-9H,10H2,1H3,(H,23,27). The molecule has 2 aromatic heterocycles. The number of carbonyl (C=O) groups is 1. The first-order valence-electron chi connectivity index (χ1n) is 8.41. The molecule has 0 radical (unpaired) electrons. The number of benzene rings is 1. The quantitative estimate of drug-likeness (QED) is 0.352. The molecule has 0 spiro atoms. The van der Waals surface area contributed by atoms with Crippen LogP contribution in [0.15, 0.2) is 53.7 Å². The van der Waals surface area contributed by atoms with Gasteiger partial charge in [-0.2, -0.15) is 18.3 Å². The highest BCUT2D eigenvalue weighted by Crippen LogP contribution is 2.29. The number of hydrogen-bond acceptors (Lipinski definition) is 6. The highest BCUT2D eigenvalue weighted by atomic mass is 32.2. The fourth-order valence-corrected chi connectivity index (χ4v) is 3.10. The number of anilines is 1. The number of nitrogens with one attached hydrogen (secondary N) is 1. The lowest BCUT2D eigenvalue weighted by molar-refractivity contribution is -0.384. The Hall–Kier alpha value is -3.41. The van der Waals surface area contributed by atoms with E-state index in [0.717, 1.165) is 17.8 Å². The number of nitrogens with zero attached hydrogens (tertiary/aromatic N) is 4. The third-order valence-corrected chi connectivity index (χ3v) is 4.76. The van der Waals surface area contributed by atoms with Gasteiger partial charge in [-0.05, 0) is 31.2 Å². The molecule has 0 fully saturated rings. The predicted octanol–water partition coefficient (Wildman–Crippen LogP) is 4.23. The van der Waals surface area contributed by atoms with Gasteiger partial charge in [-0.1, -0.05) is 11.8 Å². The Morgan fingerprint density at radius 3 is 2.50 bits per heavy atom. The molecule has 0 saturated heterocycles. The van der Waals surface area contributed by atoms with Crippen molar-refractivity contribution in [3.63, 3.8) is 0 Å². The van der Waals surface area contributed by atoms with Crippen LogP contribution in [0.5, 0.6) is 0 Å². The Morgan fingerprint density at radius 1 is 1.23 bits per heavy atom. The molecule has 0 atom stereocenters. The van der Waals surface area contributed by atoms with Gasteiger partial charge in [0.25, 0.3) is 5.69 Å². The van der Waals surface area contributed by atoms with Gasteiger partial charge in [0.15, 0.2) is 0 Å². The molecule has 3 aromatic rings. The van der Waals surface area contributed by atoms with Crippen LogP contribution < -0.4 is 5.32 Å². The summed E-state index contributed by atoms with van der Waals surface area (Å²) < 4.78 is 39.1. The minimum atomic E-state index is -4.47. The molecule has 12 heteroatoms. The van der Waals surface area contributed by atoms with Gasteiger partial charge in [0, 0.05) is 24.4 Å². The highest BCUT2D eigenvalue weighted by molar-refractivity contribution is 7.99. The van der Waals surface area contributed by atoms with Gasteiger partial charge >= 0.3 is 6.18 Å². The molecule has 0 bridgehead atoms. The number of halogens is 3. The first kappa shape index (κ1) is 21.3. The van der Waals surface area contributed by atoms with Crippen LogP contribution >= 0.6 is 11.8 Å². The highest BCUT2D eigenvalue weighted by Gasteiger charge is 2.30. The summed E-state index contributed by atoms with van der Waals surface area (Å²) in [5, 5.41) is 18.0. The molecule has 0 aliphatic rings. The second kappa shape index (κ2) is 8.53. The maximum absolute atomic E-state index is 12.6. The fraction of sp³-hybridized carbons (Fsp3) is 0.167. The minimum absolute atomic E-state index is 0.0753. The summed E-state index contributed by atoms with van der Waals surface area (Å²) >= 11 is 0.986. The Kier molecular flexibility index (Phi) is 6.06. The molecule has 0 unspecified atom stereocenters. The number of hydrogen-bond donors (Lipinski definition) is 1. The summed E-state index contributed by atoms with van der Waals surface area (Å²) in [6, 6.07) is 9.38. The summed E-state index contributed by atoms with van der Waals surface area (Å²) in [4.78, 5) is 26.2. The van der Waals surface area contributed by atoms with Crippen molar-refractivity contribution in [1.82, 2.24) is 14.8 Å². The van der Waals surface area contributed by atoms with Gasteiger partial charge in [0.1, 0.15) is 5.82 Å². The SMILES string of the molecule is Cc1cc(NC(=O)CSc2ccc(C(F)(F)F)cn2)n(-c2ccc([N+](=O)[O-])cc2)n1. The van der Waals surface area contributed by atoms with Crippen LogP contribution in [0.2, 0.25) is 0 Å². The van der Waals surface area contributed by atoms with Crippen molar-refractivity contribution >= 4 is 29.2 Å². The van der Waals surface area contributed by atoms with Crippen molar-refractivity contribution in [2.75, 3.05) is 11.1 Å². The van der Waals surface area contributed by atoms with E-state index in [2.05, 4.69) is 15.4 Å². The van der Waals surface area contributed by atoms with Gasteiger partial charge in [-0.3, -0.25) is 14.9 Å². The number of pyridine rings is 1. The van der Waals surface area contributed by atoms with Gasteiger partial charge in [-0.15, -0.1) is 0 Å². The van der Waals surface area contributed by atoms with Crippen LogP contribution in [-0.2, 0) is 11.0 Å². The van der Waals surface area contributed by atoms with Crippen LogP contribution in [0, 0.1) is 17.0 Å². The monoisotopic (exact) mass is 437 g/mol. The molecule has 1 aromatic carbocycles. The van der Waals surface area contributed by atoms with E-state index < -0.39 is 22.6 Å². The number of nitro benzene ring substituents is 1. The largest absolute Gasteiger partial charge is 0.417 e. The lowest BCUT2D eigenvalue weighted by Crippen LogP contribution is -2.17. The smallest absolute Gasteiger partial charge is 0.310 e. The maximum Gasteiger partial charge on any atom is 0.417 e.